The number of aromatic nitrogens is 2. The van der Waals surface area contributed by atoms with Gasteiger partial charge in [0.05, 0.1) is 5.69 Å². The number of rotatable bonds is 4. The number of nitrogens with zero attached hydrogens (tertiary/aromatic N) is 3. The minimum absolute atomic E-state index is 0.0148. The molecule has 1 aliphatic heterocycles. The number of piperidine rings is 1. The molecule has 7 nitrogen and oxygen atoms in total. The van der Waals surface area contributed by atoms with E-state index in [1.54, 1.807) is 0 Å². The first-order chi connectivity index (χ1) is 11.2. The van der Waals surface area contributed by atoms with Crippen LogP contribution in [0, 0.1) is 5.92 Å². The van der Waals surface area contributed by atoms with Gasteiger partial charge in [-0.15, -0.1) is 0 Å². The lowest BCUT2D eigenvalue weighted by molar-refractivity contribution is -0.141. The van der Waals surface area contributed by atoms with Gasteiger partial charge in [0.1, 0.15) is 0 Å². The summed E-state index contributed by atoms with van der Waals surface area (Å²) in [5.41, 5.74) is -1.53. The van der Waals surface area contributed by atoms with Crippen molar-refractivity contribution >= 4 is 17.7 Å². The van der Waals surface area contributed by atoms with Gasteiger partial charge in [0.25, 0.3) is 0 Å². The standard InChI is InChI=1S/C14H19F3N4O3/c1-20-8-10(12(19-20)14(15,16)17)18-13(24)21-6-2-3-9(7-21)4-5-11(22)23/h8-9H,2-7H2,1H3,(H,18,24)(H,22,23). The van der Waals surface area contributed by atoms with Crippen molar-refractivity contribution < 1.29 is 27.9 Å². The van der Waals surface area contributed by atoms with E-state index in [1.807, 2.05) is 0 Å². The molecule has 2 heterocycles. The number of alkyl halides is 3. The second-order valence-corrected chi connectivity index (χ2v) is 5.88. The number of likely N-dealkylation sites (tertiary alicyclic amines) is 1. The molecule has 134 valence electrons. The van der Waals surface area contributed by atoms with E-state index < -0.39 is 23.9 Å². The molecule has 0 radical (unpaired) electrons. The Kier molecular flexibility index (Phi) is 5.35. The highest BCUT2D eigenvalue weighted by atomic mass is 19.4. The fourth-order valence-corrected chi connectivity index (χ4v) is 2.80. The smallest absolute Gasteiger partial charge is 0.437 e. The van der Waals surface area contributed by atoms with Crippen LogP contribution in [0.2, 0.25) is 0 Å². The van der Waals surface area contributed by atoms with Crippen molar-refractivity contribution in [3.8, 4) is 0 Å². The number of amides is 2. The molecule has 0 spiro atoms. The number of halogens is 3. The van der Waals surface area contributed by atoms with Crippen LogP contribution >= 0.6 is 0 Å². The molecule has 1 fully saturated rings. The van der Waals surface area contributed by atoms with Crippen LogP contribution in [0.15, 0.2) is 6.20 Å². The van der Waals surface area contributed by atoms with Crippen LogP contribution in [0.25, 0.3) is 0 Å². The molecule has 0 aromatic carbocycles. The Labute approximate surface area is 136 Å². The molecule has 0 saturated carbocycles. The number of hydrogen-bond donors (Lipinski definition) is 2. The van der Waals surface area contributed by atoms with E-state index in [-0.39, 0.29) is 18.0 Å². The Bertz CT molecular complexity index is 615. The maximum absolute atomic E-state index is 12.9. The molecule has 2 rings (SSSR count). The molecule has 0 bridgehead atoms. The van der Waals surface area contributed by atoms with Crippen LogP contribution in [0.1, 0.15) is 31.4 Å². The van der Waals surface area contributed by atoms with E-state index >= 15 is 0 Å². The highest BCUT2D eigenvalue weighted by Gasteiger charge is 2.38. The zero-order valence-electron chi connectivity index (χ0n) is 13.1. The average Bonchev–Trinajstić information content (AvgIpc) is 2.86. The minimum atomic E-state index is -4.66. The molecule has 1 aromatic rings. The van der Waals surface area contributed by atoms with E-state index in [0.29, 0.717) is 25.9 Å². The third-order valence-corrected chi connectivity index (χ3v) is 3.91. The van der Waals surface area contributed by atoms with Crippen molar-refractivity contribution in [1.29, 1.82) is 0 Å². The second-order valence-electron chi connectivity index (χ2n) is 5.88. The first-order valence-corrected chi connectivity index (χ1v) is 7.55. The Balaban J connectivity index is 2.01. The summed E-state index contributed by atoms with van der Waals surface area (Å²) in [5.74, 6) is -0.863. The number of hydrogen-bond acceptors (Lipinski definition) is 3. The third kappa shape index (κ3) is 4.62. The number of carboxylic acids is 1. The Morgan fingerprint density at radius 2 is 2.17 bits per heavy atom. The number of aryl methyl sites for hydroxylation is 1. The number of carbonyl (C=O) groups excluding carboxylic acids is 1. The van der Waals surface area contributed by atoms with Gasteiger partial charge in [-0.05, 0) is 25.2 Å². The molecule has 1 unspecified atom stereocenters. The van der Waals surface area contributed by atoms with Crippen molar-refractivity contribution in [2.45, 2.75) is 31.9 Å². The summed E-state index contributed by atoms with van der Waals surface area (Å²) in [6, 6.07) is -0.631. The van der Waals surface area contributed by atoms with Crippen LogP contribution < -0.4 is 5.32 Å². The van der Waals surface area contributed by atoms with E-state index in [9.17, 15) is 22.8 Å². The number of carboxylic acid groups (broad SMARTS) is 1. The third-order valence-electron chi connectivity index (χ3n) is 3.91. The topological polar surface area (TPSA) is 87.5 Å². The van der Waals surface area contributed by atoms with Crippen LogP contribution in [-0.2, 0) is 18.0 Å². The summed E-state index contributed by atoms with van der Waals surface area (Å²) in [5, 5.41) is 14.3. The van der Waals surface area contributed by atoms with Crippen LogP contribution in [0.3, 0.4) is 0 Å². The number of carbonyl (C=O) groups is 2. The van der Waals surface area contributed by atoms with Gasteiger partial charge in [-0.25, -0.2) is 4.79 Å². The highest BCUT2D eigenvalue weighted by Crippen LogP contribution is 2.33. The molecule has 1 saturated heterocycles. The molecular weight excluding hydrogens is 329 g/mol. The van der Waals surface area contributed by atoms with Gasteiger partial charge < -0.3 is 15.3 Å². The monoisotopic (exact) mass is 348 g/mol. The van der Waals surface area contributed by atoms with Gasteiger partial charge in [0.2, 0.25) is 0 Å². The summed E-state index contributed by atoms with van der Waals surface area (Å²) in [6.07, 6.45) is -1.60. The quantitative estimate of drug-likeness (QED) is 0.875. The molecule has 2 amide bonds. The number of nitrogens with one attached hydrogen (secondary N) is 1. The van der Waals surface area contributed by atoms with E-state index in [0.717, 1.165) is 17.3 Å². The molecule has 1 aromatic heterocycles. The lowest BCUT2D eigenvalue weighted by Gasteiger charge is -2.32. The largest absolute Gasteiger partial charge is 0.481 e. The summed E-state index contributed by atoms with van der Waals surface area (Å²) >= 11 is 0. The number of anilines is 1. The Morgan fingerprint density at radius 1 is 1.46 bits per heavy atom. The summed E-state index contributed by atoms with van der Waals surface area (Å²) in [6.45, 7) is 0.762. The summed E-state index contributed by atoms with van der Waals surface area (Å²) in [4.78, 5) is 24.3. The van der Waals surface area contributed by atoms with Gasteiger partial charge in [-0.3, -0.25) is 9.48 Å². The average molecular weight is 348 g/mol. The molecular formula is C14H19F3N4O3. The number of aliphatic carboxylic acids is 1. The van der Waals surface area contributed by atoms with Crippen molar-refractivity contribution in [3.05, 3.63) is 11.9 Å². The first kappa shape index (κ1) is 18.1. The Hall–Kier alpha value is -2.26. The Morgan fingerprint density at radius 3 is 2.79 bits per heavy atom. The zero-order valence-corrected chi connectivity index (χ0v) is 13.1. The maximum atomic E-state index is 12.9. The molecule has 10 heteroatoms. The van der Waals surface area contributed by atoms with Crippen LogP contribution in [0.5, 0.6) is 0 Å². The molecule has 2 N–H and O–H groups in total. The van der Waals surface area contributed by atoms with Gasteiger partial charge >= 0.3 is 18.2 Å². The molecule has 24 heavy (non-hydrogen) atoms. The van der Waals surface area contributed by atoms with E-state index in [2.05, 4.69) is 10.4 Å². The van der Waals surface area contributed by atoms with Crippen LogP contribution in [0.4, 0.5) is 23.7 Å². The fraction of sp³-hybridized carbons (Fsp3) is 0.643. The fourth-order valence-electron chi connectivity index (χ4n) is 2.80. The van der Waals surface area contributed by atoms with Crippen molar-refractivity contribution in [1.82, 2.24) is 14.7 Å². The van der Waals surface area contributed by atoms with Crippen LogP contribution in [-0.4, -0.2) is 44.9 Å². The van der Waals surface area contributed by atoms with Gasteiger partial charge in [0, 0.05) is 32.8 Å². The molecule has 1 aliphatic rings. The predicted molar refractivity (Wildman–Crippen MR) is 78.4 cm³/mol. The number of urea groups is 1. The lowest BCUT2D eigenvalue weighted by atomic mass is 9.93. The lowest BCUT2D eigenvalue weighted by Crippen LogP contribution is -2.42. The van der Waals surface area contributed by atoms with E-state index in [4.69, 9.17) is 5.11 Å². The van der Waals surface area contributed by atoms with E-state index in [1.165, 1.54) is 11.9 Å². The van der Waals surface area contributed by atoms with Gasteiger partial charge in [-0.2, -0.15) is 18.3 Å². The second kappa shape index (κ2) is 7.10. The SMILES string of the molecule is Cn1cc(NC(=O)N2CCCC(CCC(=O)O)C2)c(C(F)(F)F)n1. The highest BCUT2D eigenvalue weighted by molar-refractivity contribution is 5.90. The maximum Gasteiger partial charge on any atom is 0.437 e. The van der Waals surface area contributed by atoms with Crippen molar-refractivity contribution in [3.63, 3.8) is 0 Å². The van der Waals surface area contributed by atoms with Crippen molar-refractivity contribution in [2.24, 2.45) is 13.0 Å². The normalized spacial score (nSPS) is 18.5. The summed E-state index contributed by atoms with van der Waals surface area (Å²) < 4.78 is 39.7. The first-order valence-electron chi connectivity index (χ1n) is 7.55. The molecule has 1 atom stereocenters. The minimum Gasteiger partial charge on any atom is -0.481 e. The van der Waals surface area contributed by atoms with Crippen molar-refractivity contribution in [2.75, 3.05) is 18.4 Å². The van der Waals surface area contributed by atoms with Gasteiger partial charge in [-0.1, -0.05) is 0 Å². The predicted octanol–water partition coefficient (Wildman–Crippen LogP) is 2.55. The zero-order chi connectivity index (χ0) is 17.9. The summed E-state index contributed by atoms with van der Waals surface area (Å²) in [7, 11) is 1.34. The van der Waals surface area contributed by atoms with Gasteiger partial charge in [0.15, 0.2) is 5.69 Å². The molecule has 0 aliphatic carbocycles.